The minimum absolute atomic E-state index is 0.0559. The molecule has 3 heterocycles. The van der Waals surface area contributed by atoms with Crippen LogP contribution in [0.1, 0.15) is 44.9 Å². The van der Waals surface area contributed by atoms with Gasteiger partial charge in [-0.25, -0.2) is 14.8 Å². The topological polar surface area (TPSA) is 129 Å². The molecule has 10 nitrogen and oxygen atoms in total. The molecule has 0 unspecified atom stereocenters. The SMILES string of the molecule is C#CC1CCC(Cn2c(N3CCOC[C@H]3CC)nc3nc(C(=N)NC(=O)O)nc(-c4cccc(Cl)c4)c32)CC1. The van der Waals surface area contributed by atoms with Crippen molar-refractivity contribution in [3.05, 3.63) is 35.1 Å². The van der Waals surface area contributed by atoms with Gasteiger partial charge in [-0.3, -0.25) is 10.7 Å². The van der Waals surface area contributed by atoms with Gasteiger partial charge in [0.25, 0.3) is 0 Å². The molecule has 5 rings (SSSR count). The van der Waals surface area contributed by atoms with Crippen LogP contribution < -0.4 is 10.2 Å². The third-order valence-corrected chi connectivity index (χ3v) is 7.85. The number of imidazole rings is 1. The number of anilines is 1. The first-order chi connectivity index (χ1) is 18.9. The second-order valence-corrected chi connectivity index (χ2v) is 10.6. The molecule has 0 spiro atoms. The predicted molar refractivity (Wildman–Crippen MR) is 150 cm³/mol. The summed E-state index contributed by atoms with van der Waals surface area (Å²) in [6.07, 6.45) is 9.27. The minimum atomic E-state index is -1.36. The van der Waals surface area contributed by atoms with Crippen LogP contribution in [-0.2, 0) is 11.3 Å². The Morgan fingerprint density at radius 3 is 2.77 bits per heavy atom. The Balaban J connectivity index is 1.70. The number of benzene rings is 1. The lowest BCUT2D eigenvalue weighted by atomic mass is 9.82. The van der Waals surface area contributed by atoms with Crippen LogP contribution >= 0.6 is 11.6 Å². The first-order valence-electron chi connectivity index (χ1n) is 13.3. The van der Waals surface area contributed by atoms with Gasteiger partial charge in [0.05, 0.1) is 19.3 Å². The van der Waals surface area contributed by atoms with Gasteiger partial charge >= 0.3 is 6.09 Å². The molecule has 1 aliphatic heterocycles. The van der Waals surface area contributed by atoms with E-state index in [9.17, 15) is 9.90 Å². The van der Waals surface area contributed by atoms with E-state index in [0.717, 1.165) is 55.7 Å². The standard InChI is InChI=1S/C28H32ClN7O3/c1-3-17-8-10-18(11-9-17)15-36-23-22(19-6-5-7-20(29)14-19)31-26(24(30)32-28(37)38)33-25(23)34-27(36)35-12-13-39-16-21(35)4-2/h1,5-7,14,17-18,21H,4,8-13,15-16H2,2H3,(H2,30,32)(H,37,38)/t17?,18?,21-/m1/s1. The van der Waals surface area contributed by atoms with Crippen LogP contribution in [-0.4, -0.2) is 62.4 Å². The highest BCUT2D eigenvalue weighted by molar-refractivity contribution is 6.30. The Labute approximate surface area is 232 Å². The molecule has 1 aromatic carbocycles. The van der Waals surface area contributed by atoms with Crippen LogP contribution in [0.5, 0.6) is 0 Å². The summed E-state index contributed by atoms with van der Waals surface area (Å²) in [5, 5.41) is 20.1. The molecule has 1 atom stereocenters. The molecule has 2 aromatic heterocycles. The molecule has 1 saturated carbocycles. The maximum Gasteiger partial charge on any atom is 0.410 e. The van der Waals surface area contributed by atoms with Crippen LogP contribution in [0.3, 0.4) is 0 Å². The summed E-state index contributed by atoms with van der Waals surface area (Å²) >= 11 is 6.37. The van der Waals surface area contributed by atoms with Crippen molar-refractivity contribution < 1.29 is 14.6 Å². The lowest BCUT2D eigenvalue weighted by Crippen LogP contribution is -2.46. The fraction of sp³-hybridized carbons (Fsp3) is 0.464. The normalized spacial score (nSPS) is 21.5. The van der Waals surface area contributed by atoms with Crippen LogP contribution in [0.25, 0.3) is 22.4 Å². The maximum atomic E-state index is 11.3. The van der Waals surface area contributed by atoms with E-state index >= 15 is 0 Å². The van der Waals surface area contributed by atoms with E-state index in [-0.39, 0.29) is 11.9 Å². The molecule has 204 valence electrons. The summed E-state index contributed by atoms with van der Waals surface area (Å²) < 4.78 is 7.98. The number of ether oxygens (including phenoxy) is 1. The molecule has 2 aliphatic rings. The first-order valence-corrected chi connectivity index (χ1v) is 13.7. The Bertz CT molecular complexity index is 1420. The van der Waals surface area contributed by atoms with Crippen molar-refractivity contribution in [3.63, 3.8) is 0 Å². The minimum Gasteiger partial charge on any atom is -0.465 e. The summed E-state index contributed by atoms with van der Waals surface area (Å²) in [4.78, 5) is 27.8. The Morgan fingerprint density at radius 2 is 2.08 bits per heavy atom. The number of halogens is 1. The number of rotatable bonds is 6. The third-order valence-electron chi connectivity index (χ3n) is 7.62. The maximum absolute atomic E-state index is 11.3. The number of terminal acetylenes is 1. The van der Waals surface area contributed by atoms with Gasteiger partial charge in [0.1, 0.15) is 11.2 Å². The van der Waals surface area contributed by atoms with Crippen LogP contribution in [0.15, 0.2) is 24.3 Å². The van der Waals surface area contributed by atoms with Crippen LogP contribution in [0, 0.1) is 29.6 Å². The number of morpholine rings is 1. The molecule has 1 amide bonds. The summed E-state index contributed by atoms with van der Waals surface area (Å²) in [5.41, 5.74) is 2.42. The van der Waals surface area contributed by atoms with E-state index in [1.54, 1.807) is 12.1 Å². The van der Waals surface area contributed by atoms with Gasteiger partial charge in [-0.15, -0.1) is 12.3 Å². The highest BCUT2D eigenvalue weighted by Gasteiger charge is 2.31. The van der Waals surface area contributed by atoms with Gasteiger partial charge in [-0.1, -0.05) is 30.7 Å². The first kappa shape index (κ1) is 26.9. The molecule has 0 radical (unpaired) electrons. The van der Waals surface area contributed by atoms with E-state index in [1.165, 1.54) is 0 Å². The average molecular weight is 550 g/mol. The molecule has 3 aromatic rings. The predicted octanol–water partition coefficient (Wildman–Crippen LogP) is 4.79. The highest BCUT2D eigenvalue weighted by Crippen LogP contribution is 2.36. The van der Waals surface area contributed by atoms with Gasteiger partial charge in [0, 0.05) is 29.6 Å². The number of amides is 1. The molecule has 39 heavy (non-hydrogen) atoms. The van der Waals surface area contributed by atoms with E-state index in [4.69, 9.17) is 38.1 Å². The van der Waals surface area contributed by atoms with Crippen molar-refractivity contribution in [2.45, 2.75) is 51.6 Å². The number of nitrogens with one attached hydrogen (secondary N) is 2. The van der Waals surface area contributed by atoms with Gasteiger partial charge in [0.2, 0.25) is 5.95 Å². The fourth-order valence-corrected chi connectivity index (χ4v) is 5.75. The van der Waals surface area contributed by atoms with Crippen molar-refractivity contribution in [2.75, 3.05) is 24.7 Å². The number of carboxylic acid groups (broad SMARTS) is 1. The monoisotopic (exact) mass is 549 g/mol. The summed E-state index contributed by atoms with van der Waals surface area (Å²) in [6, 6.07) is 7.47. The smallest absolute Gasteiger partial charge is 0.410 e. The summed E-state index contributed by atoms with van der Waals surface area (Å²) in [6.45, 7) is 4.75. The van der Waals surface area contributed by atoms with E-state index < -0.39 is 11.9 Å². The van der Waals surface area contributed by atoms with Crippen molar-refractivity contribution in [3.8, 4) is 23.6 Å². The number of hydrogen-bond acceptors (Lipinski definition) is 7. The van der Waals surface area contributed by atoms with E-state index in [2.05, 4.69) is 32.6 Å². The molecule has 1 saturated heterocycles. The highest BCUT2D eigenvalue weighted by atomic mass is 35.5. The average Bonchev–Trinajstić information content (AvgIpc) is 3.30. The third kappa shape index (κ3) is 5.70. The zero-order chi connectivity index (χ0) is 27.5. The number of carbonyl (C=O) groups is 1. The zero-order valence-electron chi connectivity index (χ0n) is 21.9. The van der Waals surface area contributed by atoms with Crippen molar-refractivity contribution in [2.24, 2.45) is 11.8 Å². The fourth-order valence-electron chi connectivity index (χ4n) is 5.55. The molecule has 11 heteroatoms. The lowest BCUT2D eigenvalue weighted by Gasteiger charge is -2.36. The number of aromatic nitrogens is 4. The largest absolute Gasteiger partial charge is 0.465 e. The van der Waals surface area contributed by atoms with Gasteiger partial charge in [-0.2, -0.15) is 4.98 Å². The quantitative estimate of drug-likeness (QED) is 0.229. The van der Waals surface area contributed by atoms with Crippen molar-refractivity contribution >= 4 is 40.6 Å². The Hall–Kier alpha value is -3.68. The number of amidine groups is 1. The molecule has 1 aliphatic carbocycles. The van der Waals surface area contributed by atoms with Crippen molar-refractivity contribution in [1.29, 1.82) is 5.41 Å². The second kappa shape index (κ2) is 11.6. The number of hydrogen-bond donors (Lipinski definition) is 3. The van der Waals surface area contributed by atoms with Crippen molar-refractivity contribution in [1.82, 2.24) is 24.8 Å². The molecule has 3 N–H and O–H groups in total. The van der Waals surface area contributed by atoms with Gasteiger partial charge < -0.3 is 19.3 Å². The number of fused-ring (bicyclic) bond motifs is 1. The van der Waals surface area contributed by atoms with Gasteiger partial charge in [-0.05, 0) is 50.2 Å². The lowest BCUT2D eigenvalue weighted by molar-refractivity contribution is 0.0916. The number of nitrogens with zero attached hydrogens (tertiary/aromatic N) is 5. The van der Waals surface area contributed by atoms with E-state index in [0.29, 0.717) is 48.0 Å². The molecular formula is C28H32ClN7O3. The Morgan fingerprint density at radius 1 is 1.28 bits per heavy atom. The molecule has 2 fully saturated rings. The van der Waals surface area contributed by atoms with Crippen LogP contribution in [0.2, 0.25) is 5.02 Å². The Kier molecular flexibility index (Phi) is 8.00. The van der Waals surface area contributed by atoms with Crippen LogP contribution in [0.4, 0.5) is 10.7 Å². The summed E-state index contributed by atoms with van der Waals surface area (Å²) in [7, 11) is 0. The van der Waals surface area contributed by atoms with E-state index in [1.807, 2.05) is 12.1 Å². The zero-order valence-corrected chi connectivity index (χ0v) is 22.6. The van der Waals surface area contributed by atoms with Gasteiger partial charge in [0.15, 0.2) is 17.3 Å². The molecule has 0 bridgehead atoms. The summed E-state index contributed by atoms with van der Waals surface area (Å²) in [5.74, 6) is 3.95. The molecular weight excluding hydrogens is 518 g/mol. The second-order valence-electron chi connectivity index (χ2n) is 10.1.